The molecule has 0 unspecified atom stereocenters. The van der Waals surface area contributed by atoms with Gasteiger partial charge < -0.3 is 15.7 Å². The molecule has 112 valence electrons. The normalized spacial score (nSPS) is 10.6. The summed E-state index contributed by atoms with van der Waals surface area (Å²) >= 11 is 0. The third-order valence-electron chi connectivity index (χ3n) is 3.24. The quantitative estimate of drug-likeness (QED) is 0.671. The number of fused-ring (bicyclic) bond motifs is 1. The largest absolute Gasteiger partial charge is 0.395 e. The first-order valence-corrected chi connectivity index (χ1v) is 7.06. The highest BCUT2D eigenvalue weighted by atomic mass is 16.3. The first-order chi connectivity index (χ1) is 10.8. The molecule has 3 N–H and O–H groups in total. The number of aromatic nitrogens is 3. The molecule has 0 amide bonds. The van der Waals surface area contributed by atoms with Crippen molar-refractivity contribution in [1.82, 2.24) is 15.0 Å². The van der Waals surface area contributed by atoms with Crippen molar-refractivity contribution in [3.05, 3.63) is 48.3 Å². The van der Waals surface area contributed by atoms with E-state index in [1.165, 1.54) is 0 Å². The number of nitrogens with zero attached hydrogens (tertiary/aromatic N) is 3. The molecule has 0 radical (unpaired) electrons. The van der Waals surface area contributed by atoms with Crippen LogP contribution in [0.2, 0.25) is 0 Å². The molecule has 6 heteroatoms. The van der Waals surface area contributed by atoms with Crippen molar-refractivity contribution in [1.29, 1.82) is 0 Å². The Hall–Kier alpha value is -2.73. The molecule has 2 heterocycles. The van der Waals surface area contributed by atoms with Crippen molar-refractivity contribution < 1.29 is 5.11 Å². The third kappa shape index (κ3) is 3.12. The molecule has 0 fully saturated rings. The molecule has 22 heavy (non-hydrogen) atoms. The number of aryl methyl sites for hydroxylation is 1. The Labute approximate surface area is 128 Å². The number of hydrogen-bond donors (Lipinski definition) is 3. The maximum absolute atomic E-state index is 8.90. The van der Waals surface area contributed by atoms with Crippen LogP contribution in [0.4, 0.5) is 17.5 Å². The number of anilines is 3. The minimum atomic E-state index is 0.0594. The molecule has 0 saturated heterocycles. The van der Waals surface area contributed by atoms with E-state index in [0.29, 0.717) is 18.3 Å². The van der Waals surface area contributed by atoms with E-state index >= 15 is 0 Å². The summed E-state index contributed by atoms with van der Waals surface area (Å²) in [6, 6.07) is 9.83. The number of pyridine rings is 1. The van der Waals surface area contributed by atoms with Gasteiger partial charge in [-0.05, 0) is 31.2 Å². The van der Waals surface area contributed by atoms with Gasteiger partial charge in [0, 0.05) is 35.6 Å². The van der Waals surface area contributed by atoms with Crippen LogP contribution in [0.1, 0.15) is 5.56 Å². The van der Waals surface area contributed by atoms with Crippen molar-refractivity contribution in [3.8, 4) is 0 Å². The summed E-state index contributed by atoms with van der Waals surface area (Å²) in [7, 11) is 0. The second-order valence-corrected chi connectivity index (χ2v) is 4.91. The molecule has 0 atom stereocenters. The van der Waals surface area contributed by atoms with Gasteiger partial charge in [-0.2, -0.15) is 4.98 Å². The lowest BCUT2D eigenvalue weighted by Gasteiger charge is -2.10. The molecule has 0 bridgehead atoms. The van der Waals surface area contributed by atoms with Crippen LogP contribution in [0.5, 0.6) is 0 Å². The fraction of sp³-hybridized carbons (Fsp3) is 0.188. The maximum Gasteiger partial charge on any atom is 0.229 e. The van der Waals surface area contributed by atoms with Crippen LogP contribution in [0.3, 0.4) is 0 Å². The van der Waals surface area contributed by atoms with E-state index in [2.05, 4.69) is 25.6 Å². The highest BCUT2D eigenvalue weighted by Gasteiger charge is 2.04. The molecular formula is C16H17N5O. The van der Waals surface area contributed by atoms with E-state index in [1.807, 2.05) is 37.3 Å². The average Bonchev–Trinajstić information content (AvgIpc) is 2.55. The van der Waals surface area contributed by atoms with E-state index in [-0.39, 0.29) is 6.61 Å². The van der Waals surface area contributed by atoms with Gasteiger partial charge >= 0.3 is 0 Å². The molecular weight excluding hydrogens is 278 g/mol. The van der Waals surface area contributed by atoms with Gasteiger partial charge in [0.05, 0.1) is 12.1 Å². The van der Waals surface area contributed by atoms with Gasteiger partial charge in [-0.1, -0.05) is 6.07 Å². The van der Waals surface area contributed by atoms with Crippen LogP contribution >= 0.6 is 0 Å². The minimum absolute atomic E-state index is 0.0594. The zero-order valence-corrected chi connectivity index (χ0v) is 12.2. The fourth-order valence-electron chi connectivity index (χ4n) is 2.14. The van der Waals surface area contributed by atoms with Crippen LogP contribution in [-0.4, -0.2) is 33.2 Å². The number of rotatable bonds is 5. The van der Waals surface area contributed by atoms with Gasteiger partial charge in [-0.15, -0.1) is 0 Å². The van der Waals surface area contributed by atoms with Crippen molar-refractivity contribution in [2.24, 2.45) is 0 Å². The lowest BCUT2D eigenvalue weighted by molar-refractivity contribution is 0.311. The summed E-state index contributed by atoms with van der Waals surface area (Å²) in [5, 5.41) is 16.2. The Kier molecular flexibility index (Phi) is 4.11. The van der Waals surface area contributed by atoms with Gasteiger partial charge in [0.15, 0.2) is 0 Å². The zero-order chi connectivity index (χ0) is 15.4. The Morgan fingerprint density at radius 2 is 2.09 bits per heavy atom. The predicted molar refractivity (Wildman–Crippen MR) is 87.4 cm³/mol. The predicted octanol–water partition coefficient (Wildman–Crippen LogP) is 2.48. The lowest BCUT2D eigenvalue weighted by atomic mass is 10.2. The number of nitrogens with one attached hydrogen (secondary N) is 2. The molecule has 0 spiro atoms. The fourth-order valence-corrected chi connectivity index (χ4v) is 2.14. The number of benzene rings is 1. The molecule has 0 aliphatic rings. The highest BCUT2D eigenvalue weighted by molar-refractivity contribution is 5.82. The first-order valence-electron chi connectivity index (χ1n) is 7.06. The van der Waals surface area contributed by atoms with E-state index in [9.17, 15) is 0 Å². The van der Waals surface area contributed by atoms with E-state index in [4.69, 9.17) is 5.11 Å². The van der Waals surface area contributed by atoms with Gasteiger partial charge in [-0.3, -0.25) is 4.98 Å². The summed E-state index contributed by atoms with van der Waals surface area (Å²) in [6.45, 7) is 2.44. The Morgan fingerprint density at radius 3 is 2.95 bits per heavy atom. The monoisotopic (exact) mass is 295 g/mol. The Morgan fingerprint density at radius 1 is 1.18 bits per heavy atom. The number of hydrogen-bond acceptors (Lipinski definition) is 6. The van der Waals surface area contributed by atoms with E-state index in [1.54, 1.807) is 12.4 Å². The molecule has 0 saturated carbocycles. The van der Waals surface area contributed by atoms with Gasteiger partial charge in [-0.25, -0.2) is 4.98 Å². The second kappa shape index (κ2) is 6.36. The average molecular weight is 295 g/mol. The molecule has 0 aliphatic carbocycles. The van der Waals surface area contributed by atoms with Crippen molar-refractivity contribution in [2.45, 2.75) is 6.92 Å². The maximum atomic E-state index is 8.90. The summed E-state index contributed by atoms with van der Waals surface area (Å²) in [4.78, 5) is 13.0. The first kappa shape index (κ1) is 14.2. The Bertz CT molecular complexity index is 790. The van der Waals surface area contributed by atoms with Crippen molar-refractivity contribution >= 4 is 28.4 Å². The molecule has 6 nitrogen and oxygen atoms in total. The smallest absolute Gasteiger partial charge is 0.229 e. The Balaban J connectivity index is 1.84. The highest BCUT2D eigenvalue weighted by Crippen LogP contribution is 2.20. The van der Waals surface area contributed by atoms with Crippen LogP contribution in [-0.2, 0) is 0 Å². The summed E-state index contributed by atoms with van der Waals surface area (Å²) in [5.74, 6) is 1.23. The SMILES string of the molecule is Cc1cnc(Nc2ccc3ncccc3c2)nc1NCCO. The van der Waals surface area contributed by atoms with Gasteiger partial charge in [0.1, 0.15) is 5.82 Å². The van der Waals surface area contributed by atoms with Crippen LogP contribution in [0, 0.1) is 6.92 Å². The topological polar surface area (TPSA) is 83.0 Å². The van der Waals surface area contributed by atoms with Crippen LogP contribution < -0.4 is 10.6 Å². The number of aliphatic hydroxyl groups is 1. The van der Waals surface area contributed by atoms with Crippen LogP contribution in [0.25, 0.3) is 10.9 Å². The van der Waals surface area contributed by atoms with E-state index < -0.39 is 0 Å². The molecule has 2 aromatic heterocycles. The summed E-state index contributed by atoms with van der Waals surface area (Å²) in [6.07, 6.45) is 3.52. The molecule has 0 aliphatic heterocycles. The molecule has 1 aromatic carbocycles. The van der Waals surface area contributed by atoms with Crippen LogP contribution in [0.15, 0.2) is 42.7 Å². The molecule has 3 rings (SSSR count). The summed E-state index contributed by atoms with van der Waals surface area (Å²) < 4.78 is 0. The standard InChI is InChI=1S/C16H17N5O/c1-11-10-19-16(21-15(11)18-7-8-22)20-13-4-5-14-12(9-13)3-2-6-17-14/h2-6,9-10,22H,7-8H2,1H3,(H2,18,19,20,21). The zero-order valence-electron chi connectivity index (χ0n) is 12.2. The third-order valence-corrected chi connectivity index (χ3v) is 3.24. The van der Waals surface area contributed by atoms with Gasteiger partial charge in [0.25, 0.3) is 0 Å². The van der Waals surface area contributed by atoms with Crippen molar-refractivity contribution in [2.75, 3.05) is 23.8 Å². The second-order valence-electron chi connectivity index (χ2n) is 4.91. The summed E-state index contributed by atoms with van der Waals surface area (Å²) in [5.41, 5.74) is 2.78. The minimum Gasteiger partial charge on any atom is -0.395 e. The lowest BCUT2D eigenvalue weighted by Crippen LogP contribution is -2.10. The van der Waals surface area contributed by atoms with Crippen molar-refractivity contribution in [3.63, 3.8) is 0 Å². The number of aliphatic hydroxyl groups excluding tert-OH is 1. The molecule has 3 aromatic rings. The van der Waals surface area contributed by atoms with Gasteiger partial charge in [0.2, 0.25) is 5.95 Å². The van der Waals surface area contributed by atoms with E-state index in [0.717, 1.165) is 22.2 Å².